The van der Waals surface area contributed by atoms with Gasteiger partial charge >= 0.3 is 0 Å². The molecule has 2 aromatic carbocycles. The van der Waals surface area contributed by atoms with Crippen molar-refractivity contribution in [3.8, 4) is 11.4 Å². The van der Waals surface area contributed by atoms with E-state index < -0.39 is 0 Å². The normalized spacial score (nSPS) is 11.3. The number of hydrogen-bond acceptors (Lipinski definition) is 4. The van der Waals surface area contributed by atoms with Gasteiger partial charge in [0.1, 0.15) is 11.4 Å². The van der Waals surface area contributed by atoms with Crippen LogP contribution in [-0.4, -0.2) is 26.4 Å². The van der Waals surface area contributed by atoms with Gasteiger partial charge in [-0.15, -0.1) is 0 Å². The Balaban J connectivity index is 1.52. The van der Waals surface area contributed by atoms with Crippen LogP contribution in [0.25, 0.3) is 16.7 Å². The highest BCUT2D eigenvalue weighted by molar-refractivity contribution is 5.85. The van der Waals surface area contributed by atoms with Crippen LogP contribution in [0.1, 0.15) is 49.6 Å². The molecule has 188 valence electrons. The molecular formula is C29H34N4O3. The number of fused-ring (bicyclic) bond motifs is 1. The second-order valence-corrected chi connectivity index (χ2v) is 9.27. The maximum Gasteiger partial charge on any atom is 0.255 e. The summed E-state index contributed by atoms with van der Waals surface area (Å²) in [5.41, 5.74) is 5.07. The van der Waals surface area contributed by atoms with Crippen molar-refractivity contribution in [1.82, 2.24) is 19.7 Å². The summed E-state index contributed by atoms with van der Waals surface area (Å²) < 4.78 is 9.28. The van der Waals surface area contributed by atoms with E-state index in [-0.39, 0.29) is 24.0 Å². The first-order chi connectivity index (χ1) is 17.3. The predicted molar refractivity (Wildman–Crippen MR) is 143 cm³/mol. The second-order valence-electron chi connectivity index (χ2n) is 9.27. The van der Waals surface area contributed by atoms with Gasteiger partial charge in [-0.2, -0.15) is 5.10 Å². The Bertz CT molecular complexity index is 1420. The number of nitrogens with zero attached hydrogens (tertiary/aromatic N) is 3. The Kier molecular flexibility index (Phi) is 7.58. The van der Waals surface area contributed by atoms with Crippen molar-refractivity contribution in [3.05, 3.63) is 87.3 Å². The Morgan fingerprint density at radius 2 is 1.75 bits per heavy atom. The Morgan fingerprint density at radius 3 is 2.39 bits per heavy atom. The van der Waals surface area contributed by atoms with E-state index in [0.29, 0.717) is 25.1 Å². The lowest BCUT2D eigenvalue weighted by molar-refractivity contribution is -0.121. The second kappa shape index (κ2) is 10.8. The number of aryl methyl sites for hydroxylation is 3. The first kappa shape index (κ1) is 25.2. The molecule has 0 unspecified atom stereocenters. The summed E-state index contributed by atoms with van der Waals surface area (Å²) in [5, 5.41) is 8.70. The molecule has 0 saturated heterocycles. The summed E-state index contributed by atoms with van der Waals surface area (Å²) in [5.74, 6) is 0.722. The van der Waals surface area contributed by atoms with Crippen molar-refractivity contribution < 1.29 is 9.53 Å². The minimum absolute atomic E-state index is 0.0619. The summed E-state index contributed by atoms with van der Waals surface area (Å²) in [7, 11) is 0. The van der Waals surface area contributed by atoms with Gasteiger partial charge in [-0.1, -0.05) is 30.3 Å². The molecule has 1 N–H and O–H groups in total. The maximum atomic E-state index is 13.5. The number of pyridine rings is 1. The number of ether oxygens (including phenoxy) is 1. The highest BCUT2D eigenvalue weighted by Crippen LogP contribution is 2.26. The molecule has 2 heterocycles. The molecule has 1 amide bonds. The molecule has 0 saturated carbocycles. The largest absolute Gasteiger partial charge is 0.491 e. The van der Waals surface area contributed by atoms with E-state index in [2.05, 4.69) is 5.32 Å². The van der Waals surface area contributed by atoms with Crippen molar-refractivity contribution in [2.45, 2.75) is 66.7 Å². The lowest BCUT2D eigenvalue weighted by Crippen LogP contribution is -2.28. The van der Waals surface area contributed by atoms with Crippen molar-refractivity contribution in [1.29, 1.82) is 0 Å². The first-order valence-corrected chi connectivity index (χ1v) is 12.5. The van der Waals surface area contributed by atoms with Crippen LogP contribution in [0, 0.1) is 13.8 Å². The molecule has 0 atom stereocenters. The van der Waals surface area contributed by atoms with Crippen LogP contribution in [0.3, 0.4) is 0 Å². The molecule has 4 rings (SSSR count). The van der Waals surface area contributed by atoms with E-state index in [9.17, 15) is 9.59 Å². The third-order valence-corrected chi connectivity index (χ3v) is 6.33. The minimum Gasteiger partial charge on any atom is -0.491 e. The van der Waals surface area contributed by atoms with Crippen LogP contribution in [0.15, 0.2) is 59.4 Å². The first-order valence-electron chi connectivity index (χ1n) is 12.5. The molecule has 2 aromatic heterocycles. The fourth-order valence-corrected chi connectivity index (χ4v) is 4.60. The molecule has 0 fully saturated rings. The van der Waals surface area contributed by atoms with Crippen LogP contribution < -0.4 is 15.6 Å². The third kappa shape index (κ3) is 5.20. The molecule has 7 nitrogen and oxygen atoms in total. The van der Waals surface area contributed by atoms with Crippen molar-refractivity contribution >= 4 is 16.9 Å². The van der Waals surface area contributed by atoms with Gasteiger partial charge in [0.25, 0.3) is 5.56 Å². The minimum atomic E-state index is -0.0869. The van der Waals surface area contributed by atoms with Gasteiger partial charge in [-0.05, 0) is 76.4 Å². The zero-order chi connectivity index (χ0) is 25.8. The Labute approximate surface area is 211 Å². The van der Waals surface area contributed by atoms with E-state index >= 15 is 0 Å². The van der Waals surface area contributed by atoms with Crippen LogP contribution in [-0.2, 0) is 24.3 Å². The number of amides is 1. The number of nitrogens with one attached hydrogen (secondary N) is 1. The number of aromatic nitrogens is 3. The fourth-order valence-electron chi connectivity index (χ4n) is 4.60. The maximum absolute atomic E-state index is 13.5. The smallest absolute Gasteiger partial charge is 0.255 e. The van der Waals surface area contributed by atoms with Gasteiger partial charge in [0.15, 0.2) is 0 Å². The molecule has 7 heteroatoms. The highest BCUT2D eigenvalue weighted by atomic mass is 16.5. The van der Waals surface area contributed by atoms with Gasteiger partial charge in [0, 0.05) is 30.5 Å². The summed E-state index contributed by atoms with van der Waals surface area (Å²) in [4.78, 5) is 26.1. The average molecular weight is 487 g/mol. The van der Waals surface area contributed by atoms with Crippen LogP contribution in [0.5, 0.6) is 5.75 Å². The van der Waals surface area contributed by atoms with Crippen molar-refractivity contribution in [2.75, 3.05) is 0 Å². The van der Waals surface area contributed by atoms with E-state index in [0.717, 1.165) is 39.3 Å². The lowest BCUT2D eigenvalue weighted by atomic mass is 10.0. The zero-order valence-corrected chi connectivity index (χ0v) is 21.7. The van der Waals surface area contributed by atoms with E-state index in [1.54, 1.807) is 4.57 Å². The van der Waals surface area contributed by atoms with E-state index in [4.69, 9.17) is 9.84 Å². The van der Waals surface area contributed by atoms with Gasteiger partial charge in [-0.3, -0.25) is 14.2 Å². The third-order valence-electron chi connectivity index (χ3n) is 6.33. The fraction of sp³-hybridized carbons (Fsp3) is 0.345. The summed E-state index contributed by atoms with van der Waals surface area (Å²) in [6, 6.07) is 17.5. The number of benzene rings is 2. The molecule has 0 aliphatic carbocycles. The molecule has 0 bridgehead atoms. The number of carbonyl (C=O) groups excluding carboxylic acids is 1. The summed E-state index contributed by atoms with van der Waals surface area (Å²) in [6.07, 6.45) is 0.738. The van der Waals surface area contributed by atoms with Gasteiger partial charge in [-0.25, -0.2) is 4.68 Å². The van der Waals surface area contributed by atoms with Gasteiger partial charge < -0.3 is 10.1 Å². The Hall–Kier alpha value is -3.87. The quantitative estimate of drug-likeness (QED) is 0.367. The number of para-hydroxylation sites is 1. The SMILES string of the molecule is CCn1c(=O)c(CCC(=O)NCc2ccc(OC(C)C)cc2)c(C)c2c(C)nn(-c3ccccc3)c21. The molecule has 0 spiro atoms. The van der Waals surface area contributed by atoms with Gasteiger partial charge in [0.2, 0.25) is 5.91 Å². The number of rotatable bonds is 9. The molecule has 0 aliphatic rings. The average Bonchev–Trinajstić information content (AvgIpc) is 3.21. The van der Waals surface area contributed by atoms with Crippen LogP contribution >= 0.6 is 0 Å². The molecule has 4 aromatic rings. The predicted octanol–water partition coefficient (Wildman–Crippen LogP) is 4.86. The molecular weight excluding hydrogens is 452 g/mol. The van der Waals surface area contributed by atoms with Crippen molar-refractivity contribution in [2.24, 2.45) is 0 Å². The highest BCUT2D eigenvalue weighted by Gasteiger charge is 2.21. The standard InChI is InChI=1S/C29H34N4O3/c1-6-32-28-27(21(5)31-33(28)23-10-8-7-9-11-23)20(4)25(29(32)35)16-17-26(34)30-18-22-12-14-24(15-13-22)36-19(2)3/h7-15,19H,6,16-18H2,1-5H3,(H,30,34). The number of hydrogen-bond donors (Lipinski definition) is 1. The lowest BCUT2D eigenvalue weighted by Gasteiger charge is -2.14. The molecule has 36 heavy (non-hydrogen) atoms. The molecule has 0 radical (unpaired) electrons. The number of carbonyl (C=O) groups is 1. The van der Waals surface area contributed by atoms with E-state index in [1.807, 2.05) is 93.9 Å². The summed E-state index contributed by atoms with van der Waals surface area (Å²) >= 11 is 0. The van der Waals surface area contributed by atoms with Gasteiger partial charge in [0.05, 0.1) is 17.5 Å². The Morgan fingerprint density at radius 1 is 1.06 bits per heavy atom. The summed E-state index contributed by atoms with van der Waals surface area (Å²) in [6.45, 7) is 10.8. The zero-order valence-electron chi connectivity index (χ0n) is 21.7. The topological polar surface area (TPSA) is 78.2 Å². The molecule has 0 aliphatic heterocycles. The van der Waals surface area contributed by atoms with E-state index in [1.165, 1.54) is 0 Å². The van der Waals surface area contributed by atoms with Crippen molar-refractivity contribution in [3.63, 3.8) is 0 Å². The van der Waals surface area contributed by atoms with Crippen LogP contribution in [0.4, 0.5) is 0 Å². The monoisotopic (exact) mass is 486 g/mol. The van der Waals surface area contributed by atoms with Crippen LogP contribution in [0.2, 0.25) is 0 Å².